The van der Waals surface area contributed by atoms with Crippen LogP contribution in [0.3, 0.4) is 0 Å². The smallest absolute Gasteiger partial charge is 0.239 e. The van der Waals surface area contributed by atoms with Crippen LogP contribution in [-0.4, -0.2) is 25.7 Å². The molecule has 0 fully saturated rings. The van der Waals surface area contributed by atoms with Gasteiger partial charge in [-0.15, -0.1) is 0 Å². The number of carbonyl (C=O) groups excluding carboxylic acids is 1. The van der Waals surface area contributed by atoms with E-state index >= 15 is 0 Å². The van der Waals surface area contributed by atoms with Crippen molar-refractivity contribution in [1.82, 2.24) is 5.32 Å². The second-order valence-electron chi connectivity index (χ2n) is 5.23. The molecule has 3 unspecified atom stereocenters. The lowest BCUT2D eigenvalue weighted by Gasteiger charge is -2.31. The number of carbonyl (C=O) groups is 1. The van der Waals surface area contributed by atoms with Gasteiger partial charge in [0.15, 0.2) is 0 Å². The van der Waals surface area contributed by atoms with Crippen LogP contribution in [0.15, 0.2) is 24.3 Å². The zero-order valence-corrected chi connectivity index (χ0v) is 11.6. The topological polar surface area (TPSA) is 64.3 Å². The number of amides is 1. The molecule has 2 rings (SSSR count). The van der Waals surface area contributed by atoms with Gasteiger partial charge in [-0.2, -0.15) is 0 Å². The molecule has 3 atom stereocenters. The van der Waals surface area contributed by atoms with E-state index in [0.717, 1.165) is 12.8 Å². The first-order chi connectivity index (χ1) is 9.13. The monoisotopic (exact) mass is 262 g/mol. The Morgan fingerprint density at radius 3 is 2.79 bits per heavy atom. The molecule has 0 aliphatic heterocycles. The number of benzene rings is 1. The molecule has 0 bridgehead atoms. The van der Waals surface area contributed by atoms with E-state index in [4.69, 9.17) is 10.5 Å². The molecular weight excluding hydrogens is 240 g/mol. The van der Waals surface area contributed by atoms with Crippen molar-refractivity contribution in [3.05, 3.63) is 35.4 Å². The van der Waals surface area contributed by atoms with Crippen LogP contribution in [0, 0.1) is 0 Å². The van der Waals surface area contributed by atoms with Gasteiger partial charge in [0.2, 0.25) is 5.91 Å². The zero-order chi connectivity index (χ0) is 13.8. The van der Waals surface area contributed by atoms with Crippen LogP contribution in [0.1, 0.15) is 42.9 Å². The fourth-order valence-corrected chi connectivity index (χ4v) is 2.69. The van der Waals surface area contributed by atoms with Crippen molar-refractivity contribution in [2.45, 2.75) is 37.8 Å². The molecular formula is C15H22N2O2. The Bertz CT molecular complexity index is 448. The summed E-state index contributed by atoms with van der Waals surface area (Å²) in [5.41, 5.74) is 8.31. The number of hydrogen-bond donors (Lipinski definition) is 2. The van der Waals surface area contributed by atoms with Gasteiger partial charge in [-0.1, -0.05) is 31.2 Å². The van der Waals surface area contributed by atoms with Crippen LogP contribution in [0.5, 0.6) is 0 Å². The lowest BCUT2D eigenvalue weighted by atomic mass is 9.81. The summed E-state index contributed by atoms with van der Waals surface area (Å²) >= 11 is 0. The first-order valence-electron chi connectivity index (χ1n) is 6.77. The van der Waals surface area contributed by atoms with E-state index in [9.17, 15) is 4.79 Å². The first kappa shape index (κ1) is 14.0. The predicted molar refractivity (Wildman–Crippen MR) is 74.8 cm³/mol. The maximum Gasteiger partial charge on any atom is 0.239 e. The van der Waals surface area contributed by atoms with E-state index in [0.29, 0.717) is 5.92 Å². The predicted octanol–water partition coefficient (Wildman–Crippen LogP) is 1.71. The second-order valence-corrected chi connectivity index (χ2v) is 5.23. The molecule has 1 aliphatic carbocycles. The van der Waals surface area contributed by atoms with Gasteiger partial charge in [0.05, 0.1) is 12.6 Å². The number of nitrogens with two attached hydrogens (primary N) is 1. The number of nitrogens with one attached hydrogen (secondary N) is 1. The molecule has 19 heavy (non-hydrogen) atoms. The molecule has 0 spiro atoms. The van der Waals surface area contributed by atoms with Crippen molar-refractivity contribution in [1.29, 1.82) is 0 Å². The molecule has 4 heteroatoms. The van der Waals surface area contributed by atoms with Gasteiger partial charge in [-0.25, -0.2) is 0 Å². The molecule has 0 saturated heterocycles. The van der Waals surface area contributed by atoms with E-state index in [1.54, 1.807) is 7.11 Å². The van der Waals surface area contributed by atoms with E-state index in [1.165, 1.54) is 11.1 Å². The Morgan fingerprint density at radius 2 is 2.11 bits per heavy atom. The van der Waals surface area contributed by atoms with Crippen LogP contribution < -0.4 is 11.1 Å². The Kier molecular flexibility index (Phi) is 4.56. The largest absolute Gasteiger partial charge is 0.383 e. The Morgan fingerprint density at radius 1 is 1.42 bits per heavy atom. The minimum Gasteiger partial charge on any atom is -0.383 e. The van der Waals surface area contributed by atoms with Crippen LogP contribution in [0.2, 0.25) is 0 Å². The van der Waals surface area contributed by atoms with Crippen LogP contribution in [0.4, 0.5) is 0 Å². The van der Waals surface area contributed by atoms with Crippen molar-refractivity contribution in [2.24, 2.45) is 5.73 Å². The van der Waals surface area contributed by atoms with Gasteiger partial charge in [-0.3, -0.25) is 4.79 Å². The third-order valence-corrected chi connectivity index (χ3v) is 3.79. The third kappa shape index (κ3) is 3.14. The van der Waals surface area contributed by atoms with E-state index in [1.807, 2.05) is 6.07 Å². The molecule has 104 valence electrons. The molecule has 1 aliphatic rings. The zero-order valence-electron chi connectivity index (χ0n) is 11.6. The highest BCUT2D eigenvalue weighted by Crippen LogP contribution is 2.36. The third-order valence-electron chi connectivity index (χ3n) is 3.79. The van der Waals surface area contributed by atoms with Crippen LogP contribution in [0.25, 0.3) is 0 Å². The lowest BCUT2D eigenvalue weighted by Crippen LogP contribution is -2.45. The summed E-state index contributed by atoms with van der Waals surface area (Å²) in [6, 6.07) is 7.78. The average molecular weight is 262 g/mol. The van der Waals surface area contributed by atoms with Crippen molar-refractivity contribution < 1.29 is 9.53 Å². The summed E-state index contributed by atoms with van der Waals surface area (Å²) in [4.78, 5) is 12.0. The SMILES string of the molecule is COCC(N)C(=O)NC1CCC(C)c2ccccc21. The minimum absolute atomic E-state index is 0.0720. The molecule has 0 aromatic heterocycles. The van der Waals surface area contributed by atoms with Gasteiger partial charge < -0.3 is 15.8 Å². The highest BCUT2D eigenvalue weighted by Gasteiger charge is 2.26. The molecule has 1 aromatic carbocycles. The maximum absolute atomic E-state index is 12.0. The van der Waals surface area contributed by atoms with E-state index in [-0.39, 0.29) is 18.6 Å². The Balaban J connectivity index is 2.10. The summed E-state index contributed by atoms with van der Waals surface area (Å²) < 4.78 is 4.91. The normalized spacial score (nSPS) is 23.5. The van der Waals surface area contributed by atoms with Crippen molar-refractivity contribution in [3.63, 3.8) is 0 Å². The second kappa shape index (κ2) is 6.17. The van der Waals surface area contributed by atoms with Crippen LogP contribution >= 0.6 is 0 Å². The number of fused-ring (bicyclic) bond motifs is 1. The first-order valence-corrected chi connectivity index (χ1v) is 6.77. The fraction of sp³-hybridized carbons (Fsp3) is 0.533. The van der Waals surface area contributed by atoms with Gasteiger partial charge in [0.25, 0.3) is 0 Å². The summed E-state index contributed by atoms with van der Waals surface area (Å²) in [5, 5.41) is 3.04. The highest BCUT2D eigenvalue weighted by molar-refractivity contribution is 5.82. The van der Waals surface area contributed by atoms with Gasteiger partial charge in [-0.05, 0) is 29.9 Å². The summed E-state index contributed by atoms with van der Waals surface area (Å²) in [5.74, 6) is 0.410. The standard InChI is InChI=1S/C15H22N2O2/c1-10-7-8-14(12-6-4-3-5-11(10)12)17-15(18)13(16)9-19-2/h3-6,10,13-14H,7-9,16H2,1-2H3,(H,17,18). The quantitative estimate of drug-likeness (QED) is 0.868. The molecule has 0 radical (unpaired) electrons. The van der Waals surface area contributed by atoms with Crippen molar-refractivity contribution >= 4 is 5.91 Å². The molecule has 1 aromatic rings. The summed E-state index contributed by atoms with van der Waals surface area (Å²) in [6.07, 6.45) is 2.05. The van der Waals surface area contributed by atoms with E-state index < -0.39 is 6.04 Å². The Labute approximate surface area is 114 Å². The van der Waals surface area contributed by atoms with Crippen LogP contribution in [-0.2, 0) is 9.53 Å². The van der Waals surface area contributed by atoms with Gasteiger partial charge in [0, 0.05) is 7.11 Å². The molecule has 0 saturated carbocycles. The summed E-state index contributed by atoms with van der Waals surface area (Å²) in [6.45, 7) is 2.48. The molecule has 1 amide bonds. The highest BCUT2D eigenvalue weighted by atomic mass is 16.5. The average Bonchev–Trinajstić information content (AvgIpc) is 2.42. The maximum atomic E-state index is 12.0. The molecule has 4 nitrogen and oxygen atoms in total. The van der Waals surface area contributed by atoms with Gasteiger partial charge >= 0.3 is 0 Å². The number of hydrogen-bond acceptors (Lipinski definition) is 3. The van der Waals surface area contributed by atoms with Crippen molar-refractivity contribution in [3.8, 4) is 0 Å². The van der Waals surface area contributed by atoms with Crippen molar-refractivity contribution in [2.75, 3.05) is 13.7 Å². The molecule has 3 N–H and O–H groups in total. The number of methoxy groups -OCH3 is 1. The molecule has 0 heterocycles. The minimum atomic E-state index is -0.600. The summed E-state index contributed by atoms with van der Waals surface area (Å²) in [7, 11) is 1.55. The Hall–Kier alpha value is -1.39. The fourth-order valence-electron chi connectivity index (χ4n) is 2.69. The van der Waals surface area contributed by atoms with E-state index in [2.05, 4.69) is 30.4 Å². The number of ether oxygens (including phenoxy) is 1. The number of rotatable bonds is 4. The van der Waals surface area contributed by atoms with Gasteiger partial charge in [0.1, 0.15) is 6.04 Å². The lowest BCUT2D eigenvalue weighted by molar-refractivity contribution is -0.124.